The van der Waals surface area contributed by atoms with E-state index >= 15 is 0 Å². The van der Waals surface area contributed by atoms with Gasteiger partial charge in [-0.05, 0) is 12.8 Å². The molecule has 0 saturated heterocycles. The zero-order chi connectivity index (χ0) is 9.10. The Hall–Kier alpha value is -0.630. The molecule has 0 spiro atoms. The van der Waals surface area contributed by atoms with Gasteiger partial charge in [-0.1, -0.05) is 12.8 Å². The Morgan fingerprint density at radius 3 is 2.38 bits per heavy atom. The fraction of sp³-hybridized carbons (Fsp3) is 0.600. The van der Waals surface area contributed by atoms with E-state index in [-0.39, 0.29) is 0 Å². The molecule has 0 atom stereocenters. The lowest BCUT2D eigenvalue weighted by Gasteiger charge is -2.06. The normalized spacial score (nSPS) is 17.9. The summed E-state index contributed by atoms with van der Waals surface area (Å²) < 4.78 is 0. The minimum atomic E-state index is 0.505. The number of hydrogen-bond acceptors (Lipinski definition) is 2. The van der Waals surface area contributed by atoms with Gasteiger partial charge in [0.1, 0.15) is 5.82 Å². The first kappa shape index (κ1) is 8.95. The van der Waals surface area contributed by atoms with Gasteiger partial charge in [0, 0.05) is 23.9 Å². The molecule has 13 heavy (non-hydrogen) atoms. The number of nitrogens with zero attached hydrogens (tertiary/aromatic N) is 2. The maximum Gasteiger partial charge on any atom is 0.131 e. The van der Waals surface area contributed by atoms with Crippen molar-refractivity contribution < 1.29 is 0 Å². The van der Waals surface area contributed by atoms with Crippen LogP contribution in [0.3, 0.4) is 0 Å². The summed E-state index contributed by atoms with van der Waals surface area (Å²) in [5, 5.41) is 0. The lowest BCUT2D eigenvalue weighted by atomic mass is 10.1. The Morgan fingerprint density at radius 2 is 1.85 bits per heavy atom. The maximum atomic E-state index is 5.66. The third-order valence-electron chi connectivity index (χ3n) is 2.60. The van der Waals surface area contributed by atoms with Crippen molar-refractivity contribution >= 4 is 11.6 Å². The van der Waals surface area contributed by atoms with Crippen molar-refractivity contribution in [2.45, 2.75) is 37.5 Å². The monoisotopic (exact) mass is 196 g/mol. The molecular formula is C10H13ClN2. The molecule has 0 unspecified atom stereocenters. The van der Waals surface area contributed by atoms with Crippen molar-refractivity contribution in [3.63, 3.8) is 0 Å². The van der Waals surface area contributed by atoms with E-state index in [2.05, 4.69) is 9.97 Å². The van der Waals surface area contributed by atoms with Crippen LogP contribution in [-0.4, -0.2) is 9.97 Å². The van der Waals surface area contributed by atoms with Crippen molar-refractivity contribution in [2.75, 3.05) is 0 Å². The highest BCUT2D eigenvalue weighted by Crippen LogP contribution is 2.31. The molecule has 1 fully saturated rings. The smallest absolute Gasteiger partial charge is 0.131 e. The fourth-order valence-electron chi connectivity index (χ4n) is 1.83. The predicted molar refractivity (Wildman–Crippen MR) is 52.8 cm³/mol. The first-order valence-corrected chi connectivity index (χ1v) is 5.30. The van der Waals surface area contributed by atoms with Gasteiger partial charge in [-0.15, -0.1) is 11.6 Å². The number of aromatic nitrogens is 2. The van der Waals surface area contributed by atoms with E-state index < -0.39 is 0 Å². The van der Waals surface area contributed by atoms with Gasteiger partial charge < -0.3 is 0 Å². The van der Waals surface area contributed by atoms with Gasteiger partial charge in [-0.2, -0.15) is 0 Å². The third kappa shape index (κ3) is 1.99. The summed E-state index contributed by atoms with van der Waals surface area (Å²) in [7, 11) is 0. The second-order valence-electron chi connectivity index (χ2n) is 3.56. The summed E-state index contributed by atoms with van der Waals surface area (Å²) in [6.45, 7) is 0. The van der Waals surface area contributed by atoms with E-state index in [1.54, 1.807) is 0 Å². The van der Waals surface area contributed by atoms with Crippen LogP contribution in [0.1, 0.15) is 43.0 Å². The van der Waals surface area contributed by atoms with Gasteiger partial charge in [0.25, 0.3) is 0 Å². The molecule has 0 aliphatic heterocycles. The summed E-state index contributed by atoms with van der Waals surface area (Å²) in [5.74, 6) is 2.11. The summed E-state index contributed by atoms with van der Waals surface area (Å²) >= 11 is 5.66. The van der Waals surface area contributed by atoms with E-state index in [1.807, 2.05) is 12.4 Å². The van der Waals surface area contributed by atoms with Gasteiger partial charge in [-0.25, -0.2) is 9.97 Å². The van der Waals surface area contributed by atoms with E-state index in [9.17, 15) is 0 Å². The number of alkyl halides is 1. The highest BCUT2D eigenvalue weighted by molar-refractivity contribution is 6.17. The van der Waals surface area contributed by atoms with E-state index in [4.69, 9.17) is 11.6 Å². The van der Waals surface area contributed by atoms with Gasteiger partial charge in [0.2, 0.25) is 0 Å². The van der Waals surface area contributed by atoms with Crippen LogP contribution in [0.15, 0.2) is 12.4 Å². The van der Waals surface area contributed by atoms with Crippen LogP contribution in [0.4, 0.5) is 0 Å². The van der Waals surface area contributed by atoms with Gasteiger partial charge >= 0.3 is 0 Å². The first-order valence-electron chi connectivity index (χ1n) is 4.77. The first-order chi connectivity index (χ1) is 6.40. The van der Waals surface area contributed by atoms with Crippen LogP contribution >= 0.6 is 11.6 Å². The largest absolute Gasteiger partial charge is 0.241 e. The molecule has 1 aliphatic rings. The zero-order valence-corrected chi connectivity index (χ0v) is 8.30. The van der Waals surface area contributed by atoms with Gasteiger partial charge in [0.15, 0.2) is 0 Å². The second-order valence-corrected chi connectivity index (χ2v) is 3.83. The van der Waals surface area contributed by atoms with Crippen LogP contribution in [0.25, 0.3) is 0 Å². The standard InChI is InChI=1S/C10H13ClN2/c11-5-8-6-12-10(13-7-8)9-3-1-2-4-9/h6-7,9H,1-5H2. The third-order valence-corrected chi connectivity index (χ3v) is 2.91. The Balaban J connectivity index is 2.12. The molecule has 1 aliphatic carbocycles. The predicted octanol–water partition coefficient (Wildman–Crippen LogP) is 2.87. The number of rotatable bonds is 2. The molecule has 3 heteroatoms. The van der Waals surface area contributed by atoms with Crippen molar-refractivity contribution in [1.29, 1.82) is 0 Å². The molecule has 2 nitrogen and oxygen atoms in total. The molecule has 0 amide bonds. The summed E-state index contributed by atoms with van der Waals surface area (Å²) in [6, 6.07) is 0. The van der Waals surface area contributed by atoms with Crippen molar-refractivity contribution in [3.05, 3.63) is 23.8 Å². The average Bonchev–Trinajstić information content (AvgIpc) is 2.71. The Labute approximate surface area is 83.4 Å². The van der Waals surface area contributed by atoms with Crippen LogP contribution in [0, 0.1) is 0 Å². The lowest BCUT2D eigenvalue weighted by Crippen LogP contribution is -2.00. The molecule has 1 heterocycles. The summed E-state index contributed by atoms with van der Waals surface area (Å²) in [6.07, 6.45) is 8.83. The summed E-state index contributed by atoms with van der Waals surface area (Å²) in [5.41, 5.74) is 1.00. The van der Waals surface area contributed by atoms with E-state index in [0.29, 0.717) is 11.8 Å². The fourth-order valence-corrected chi connectivity index (χ4v) is 1.97. The minimum absolute atomic E-state index is 0.505. The highest BCUT2D eigenvalue weighted by atomic mass is 35.5. The van der Waals surface area contributed by atoms with Gasteiger partial charge in [-0.3, -0.25) is 0 Å². The van der Waals surface area contributed by atoms with E-state index in [1.165, 1.54) is 25.7 Å². The molecule has 1 aromatic rings. The number of halogens is 1. The number of hydrogen-bond donors (Lipinski definition) is 0. The van der Waals surface area contributed by atoms with Crippen molar-refractivity contribution in [3.8, 4) is 0 Å². The lowest BCUT2D eigenvalue weighted by molar-refractivity contribution is 0.666. The Morgan fingerprint density at radius 1 is 1.23 bits per heavy atom. The zero-order valence-electron chi connectivity index (χ0n) is 7.54. The molecule has 0 aromatic carbocycles. The molecule has 0 radical (unpaired) electrons. The maximum absolute atomic E-state index is 5.66. The topological polar surface area (TPSA) is 25.8 Å². The highest BCUT2D eigenvalue weighted by Gasteiger charge is 2.18. The van der Waals surface area contributed by atoms with Crippen LogP contribution < -0.4 is 0 Å². The van der Waals surface area contributed by atoms with Crippen LogP contribution in [0.2, 0.25) is 0 Å². The van der Waals surface area contributed by atoms with E-state index in [0.717, 1.165) is 11.4 Å². The van der Waals surface area contributed by atoms with Crippen molar-refractivity contribution in [1.82, 2.24) is 9.97 Å². The van der Waals surface area contributed by atoms with Crippen LogP contribution in [-0.2, 0) is 5.88 Å². The molecule has 2 rings (SSSR count). The minimum Gasteiger partial charge on any atom is -0.241 e. The Bertz CT molecular complexity index is 265. The SMILES string of the molecule is ClCc1cnc(C2CCCC2)nc1. The second kappa shape index (κ2) is 4.05. The molecule has 70 valence electrons. The molecular weight excluding hydrogens is 184 g/mol. The van der Waals surface area contributed by atoms with Crippen LogP contribution in [0.5, 0.6) is 0 Å². The average molecular weight is 197 g/mol. The molecule has 1 aromatic heterocycles. The Kier molecular flexibility index (Phi) is 2.79. The summed E-state index contributed by atoms with van der Waals surface area (Å²) in [4.78, 5) is 8.67. The van der Waals surface area contributed by atoms with Gasteiger partial charge in [0.05, 0.1) is 5.88 Å². The quantitative estimate of drug-likeness (QED) is 0.680. The molecule has 0 N–H and O–H groups in total. The molecule has 0 bridgehead atoms. The van der Waals surface area contributed by atoms with Crippen molar-refractivity contribution in [2.24, 2.45) is 0 Å². The molecule has 1 saturated carbocycles.